The summed E-state index contributed by atoms with van der Waals surface area (Å²) in [5.41, 5.74) is 3.61. The van der Waals surface area contributed by atoms with Gasteiger partial charge in [0.1, 0.15) is 28.2 Å². The lowest BCUT2D eigenvalue weighted by Crippen LogP contribution is -2.03. The number of hydrogen-bond acceptors (Lipinski definition) is 4. The molecule has 150 valence electrons. The third kappa shape index (κ3) is 4.77. The Hall–Kier alpha value is -3.27. The molecule has 0 aliphatic heterocycles. The summed E-state index contributed by atoms with van der Waals surface area (Å²) < 4.78 is 6.01. The van der Waals surface area contributed by atoms with E-state index in [0.29, 0.717) is 17.7 Å². The molecule has 1 aromatic heterocycles. The summed E-state index contributed by atoms with van der Waals surface area (Å²) in [6.45, 7) is 6.20. The molecule has 0 unspecified atom stereocenters. The molecule has 3 rings (SSSR count). The second-order valence-electron chi connectivity index (χ2n) is 7.51. The van der Waals surface area contributed by atoms with Crippen molar-refractivity contribution in [2.75, 3.05) is 0 Å². The molecule has 0 atom stereocenters. The van der Waals surface area contributed by atoms with Gasteiger partial charge < -0.3 is 14.6 Å². The summed E-state index contributed by atoms with van der Waals surface area (Å²) in [6, 6.07) is 11.9. The zero-order chi connectivity index (χ0) is 21.0. The van der Waals surface area contributed by atoms with Crippen LogP contribution in [0.3, 0.4) is 0 Å². The third-order valence-electron chi connectivity index (χ3n) is 4.86. The van der Waals surface area contributed by atoms with E-state index in [-0.39, 0.29) is 27.9 Å². The predicted octanol–water partition coefficient (Wildman–Crippen LogP) is 6.11. The molecule has 0 saturated heterocycles. The summed E-state index contributed by atoms with van der Waals surface area (Å²) in [6.07, 6.45) is 6.50. The van der Waals surface area contributed by atoms with Crippen molar-refractivity contribution in [2.24, 2.45) is 0 Å². The Kier molecular flexibility index (Phi) is 6.23. The highest BCUT2D eigenvalue weighted by Crippen LogP contribution is 2.35. The van der Waals surface area contributed by atoms with E-state index in [1.165, 1.54) is 23.3 Å². The van der Waals surface area contributed by atoms with Crippen molar-refractivity contribution in [1.82, 2.24) is 0 Å². The molecule has 0 radical (unpaired) electrons. The second kappa shape index (κ2) is 8.82. The van der Waals surface area contributed by atoms with Crippen LogP contribution in [0.4, 0.5) is 0 Å². The van der Waals surface area contributed by atoms with Gasteiger partial charge in [-0.15, -0.1) is 0 Å². The molecule has 4 nitrogen and oxygen atoms in total. The van der Waals surface area contributed by atoms with Crippen molar-refractivity contribution in [2.45, 2.75) is 40.0 Å². The monoisotopic (exact) mass is 390 g/mol. The van der Waals surface area contributed by atoms with Gasteiger partial charge in [-0.05, 0) is 40.0 Å². The molecular formula is C25H26O4. The fraction of sp³-hybridized carbons (Fsp3) is 0.240. The summed E-state index contributed by atoms with van der Waals surface area (Å²) in [5, 5.41) is 20.8. The van der Waals surface area contributed by atoms with Crippen LogP contribution < -0.4 is 5.43 Å². The number of fused-ring (bicyclic) bond motifs is 1. The van der Waals surface area contributed by atoms with Crippen molar-refractivity contribution in [3.8, 4) is 22.8 Å². The first-order valence-electron chi connectivity index (χ1n) is 9.73. The van der Waals surface area contributed by atoms with Crippen LogP contribution in [0.1, 0.15) is 39.2 Å². The van der Waals surface area contributed by atoms with E-state index in [2.05, 4.69) is 19.9 Å². The lowest BCUT2D eigenvalue weighted by Gasteiger charge is -2.10. The average Bonchev–Trinajstić information content (AvgIpc) is 2.67. The number of hydrogen-bond donors (Lipinski definition) is 2. The van der Waals surface area contributed by atoms with E-state index in [4.69, 9.17) is 4.42 Å². The normalized spacial score (nSPS) is 11.6. The topological polar surface area (TPSA) is 70.7 Å². The zero-order valence-electron chi connectivity index (χ0n) is 17.0. The number of benzene rings is 2. The van der Waals surface area contributed by atoms with Gasteiger partial charge in [0.05, 0.1) is 0 Å². The SMILES string of the molecule is CC(C)=CCC/C(C)=C/Cc1c(O)cc(O)c2c(=O)cc(-c3ccccc3)oc12. The van der Waals surface area contributed by atoms with Crippen LogP contribution >= 0.6 is 0 Å². The van der Waals surface area contributed by atoms with E-state index < -0.39 is 0 Å². The predicted molar refractivity (Wildman–Crippen MR) is 117 cm³/mol. The van der Waals surface area contributed by atoms with Gasteiger partial charge in [-0.1, -0.05) is 53.6 Å². The van der Waals surface area contributed by atoms with Crippen LogP contribution in [-0.4, -0.2) is 10.2 Å². The van der Waals surface area contributed by atoms with Crippen LogP contribution in [0, 0.1) is 0 Å². The van der Waals surface area contributed by atoms with Crippen molar-refractivity contribution in [3.05, 3.63) is 81.5 Å². The fourth-order valence-electron chi connectivity index (χ4n) is 3.26. The van der Waals surface area contributed by atoms with Crippen molar-refractivity contribution < 1.29 is 14.6 Å². The lowest BCUT2D eigenvalue weighted by molar-refractivity contribution is 0.448. The smallest absolute Gasteiger partial charge is 0.197 e. The Bertz CT molecular complexity index is 1130. The van der Waals surface area contributed by atoms with Gasteiger partial charge >= 0.3 is 0 Å². The highest BCUT2D eigenvalue weighted by molar-refractivity contribution is 5.89. The Morgan fingerprint density at radius 2 is 1.72 bits per heavy atom. The summed E-state index contributed by atoms with van der Waals surface area (Å²) in [5.74, 6) is 0.0363. The molecule has 1 heterocycles. The molecule has 0 amide bonds. The van der Waals surface area contributed by atoms with Crippen LogP contribution in [0.15, 0.2) is 75.0 Å². The molecule has 0 fully saturated rings. The molecule has 2 aromatic carbocycles. The van der Waals surface area contributed by atoms with Crippen LogP contribution in [0.2, 0.25) is 0 Å². The van der Waals surface area contributed by atoms with Gasteiger partial charge in [-0.2, -0.15) is 0 Å². The lowest BCUT2D eigenvalue weighted by atomic mass is 10.0. The summed E-state index contributed by atoms with van der Waals surface area (Å²) in [7, 11) is 0. The molecule has 0 bridgehead atoms. The molecule has 29 heavy (non-hydrogen) atoms. The Balaban J connectivity index is 2.05. The Labute approximate surface area is 170 Å². The Morgan fingerprint density at radius 3 is 2.41 bits per heavy atom. The van der Waals surface area contributed by atoms with Crippen LogP contribution in [-0.2, 0) is 6.42 Å². The number of aromatic hydroxyl groups is 2. The minimum Gasteiger partial charge on any atom is -0.507 e. The van der Waals surface area contributed by atoms with E-state index in [1.807, 2.05) is 43.3 Å². The summed E-state index contributed by atoms with van der Waals surface area (Å²) >= 11 is 0. The van der Waals surface area contributed by atoms with Crippen LogP contribution in [0.5, 0.6) is 11.5 Å². The molecule has 2 N–H and O–H groups in total. The quantitative estimate of drug-likeness (QED) is 0.498. The molecular weight excluding hydrogens is 364 g/mol. The molecule has 4 heteroatoms. The van der Waals surface area contributed by atoms with Gasteiger partial charge in [0, 0.05) is 23.3 Å². The highest BCUT2D eigenvalue weighted by atomic mass is 16.3. The first-order valence-corrected chi connectivity index (χ1v) is 9.73. The maximum Gasteiger partial charge on any atom is 0.197 e. The Morgan fingerprint density at radius 1 is 1.00 bits per heavy atom. The molecule has 0 saturated carbocycles. The minimum absolute atomic E-state index is 0.0864. The van der Waals surface area contributed by atoms with Gasteiger partial charge in [-0.25, -0.2) is 0 Å². The number of phenols is 2. The number of rotatable bonds is 6. The standard InChI is InChI=1S/C25H26O4/c1-16(2)8-7-9-17(3)12-13-19-20(26)14-21(27)24-22(28)15-23(29-25(19)24)18-10-5-4-6-11-18/h4-6,8,10-12,14-15,26-27H,7,9,13H2,1-3H3/b17-12+. The van der Waals surface area contributed by atoms with E-state index in [9.17, 15) is 15.0 Å². The van der Waals surface area contributed by atoms with Crippen molar-refractivity contribution >= 4 is 11.0 Å². The maximum absolute atomic E-state index is 12.7. The van der Waals surface area contributed by atoms with Crippen molar-refractivity contribution in [1.29, 1.82) is 0 Å². The maximum atomic E-state index is 12.7. The van der Waals surface area contributed by atoms with E-state index in [0.717, 1.165) is 18.4 Å². The fourth-order valence-corrected chi connectivity index (χ4v) is 3.26. The first kappa shape index (κ1) is 20.5. The van der Waals surface area contributed by atoms with E-state index >= 15 is 0 Å². The molecule has 0 aliphatic carbocycles. The first-order chi connectivity index (χ1) is 13.9. The molecule has 0 aliphatic rings. The second-order valence-corrected chi connectivity index (χ2v) is 7.51. The highest BCUT2D eigenvalue weighted by Gasteiger charge is 2.17. The molecule has 3 aromatic rings. The van der Waals surface area contributed by atoms with Gasteiger partial charge in [0.25, 0.3) is 0 Å². The van der Waals surface area contributed by atoms with Gasteiger partial charge in [0.15, 0.2) is 5.43 Å². The average molecular weight is 390 g/mol. The van der Waals surface area contributed by atoms with Crippen molar-refractivity contribution in [3.63, 3.8) is 0 Å². The largest absolute Gasteiger partial charge is 0.507 e. The minimum atomic E-state index is -0.340. The molecule has 0 spiro atoms. The number of phenolic OH excluding ortho intramolecular Hbond substituents is 2. The van der Waals surface area contributed by atoms with E-state index in [1.54, 1.807) is 0 Å². The zero-order valence-corrected chi connectivity index (χ0v) is 17.0. The van der Waals surface area contributed by atoms with Gasteiger partial charge in [-0.3, -0.25) is 4.79 Å². The summed E-state index contributed by atoms with van der Waals surface area (Å²) in [4.78, 5) is 12.7. The third-order valence-corrected chi connectivity index (χ3v) is 4.86. The van der Waals surface area contributed by atoms with Crippen LogP contribution in [0.25, 0.3) is 22.3 Å². The van der Waals surface area contributed by atoms with Gasteiger partial charge in [0.2, 0.25) is 0 Å². The number of allylic oxidation sites excluding steroid dienone is 4.